The maximum absolute atomic E-state index is 11.4. The Kier molecular flexibility index (Phi) is 2.59. The Bertz CT molecular complexity index is 612. The quantitative estimate of drug-likeness (QED) is 0.777. The summed E-state index contributed by atoms with van der Waals surface area (Å²) in [6, 6.07) is 4.81. The van der Waals surface area contributed by atoms with E-state index in [1.54, 1.807) is 18.2 Å². The van der Waals surface area contributed by atoms with Crippen LogP contribution in [-0.4, -0.2) is 29.1 Å². The van der Waals surface area contributed by atoms with Gasteiger partial charge in [0, 0.05) is 10.9 Å². The van der Waals surface area contributed by atoms with E-state index in [1.165, 1.54) is 7.11 Å². The number of carbonyl (C=O) groups excluding carboxylic acids is 1. The molecule has 1 aromatic heterocycles. The number of carbonyl (C=O) groups is 2. The van der Waals surface area contributed by atoms with E-state index in [-0.39, 0.29) is 5.69 Å². The van der Waals surface area contributed by atoms with Crippen molar-refractivity contribution in [3.8, 4) is 0 Å². The van der Waals surface area contributed by atoms with Gasteiger partial charge in [0.1, 0.15) is 5.69 Å². The number of ether oxygens (including phenoxy) is 1. The number of carboxylic acids is 1. The van der Waals surface area contributed by atoms with Crippen LogP contribution in [0.25, 0.3) is 10.9 Å². The molecule has 0 saturated heterocycles. The molecular formula is C12H11NO4. The van der Waals surface area contributed by atoms with Crippen molar-refractivity contribution in [2.24, 2.45) is 0 Å². The van der Waals surface area contributed by atoms with Gasteiger partial charge >= 0.3 is 11.9 Å². The van der Waals surface area contributed by atoms with Gasteiger partial charge in [-0.2, -0.15) is 0 Å². The molecule has 0 aliphatic rings. The Labute approximate surface area is 97.0 Å². The predicted octanol–water partition coefficient (Wildman–Crippen LogP) is 1.96. The summed E-state index contributed by atoms with van der Waals surface area (Å²) in [6.45, 7) is 1.81. The number of aryl methyl sites for hydroxylation is 1. The predicted molar refractivity (Wildman–Crippen MR) is 61.3 cm³/mol. The molecule has 2 aromatic rings. The number of esters is 1. The molecule has 0 atom stereocenters. The van der Waals surface area contributed by atoms with Gasteiger partial charge in [-0.05, 0) is 30.7 Å². The van der Waals surface area contributed by atoms with E-state index in [0.29, 0.717) is 11.1 Å². The number of aromatic nitrogens is 1. The molecule has 0 unspecified atom stereocenters. The standard InChI is InChI=1S/C12H11NO4/c1-6-3-7(12(16)17-2)4-9-8(6)5-10(13-9)11(14)15/h3-5,13H,1-2H3,(H,14,15). The summed E-state index contributed by atoms with van der Waals surface area (Å²) in [7, 11) is 1.30. The summed E-state index contributed by atoms with van der Waals surface area (Å²) < 4.78 is 4.63. The summed E-state index contributed by atoms with van der Waals surface area (Å²) in [6.07, 6.45) is 0. The molecule has 2 rings (SSSR count). The Balaban J connectivity index is 2.65. The second kappa shape index (κ2) is 3.93. The summed E-state index contributed by atoms with van der Waals surface area (Å²) in [4.78, 5) is 25.0. The molecule has 0 aliphatic carbocycles. The lowest BCUT2D eigenvalue weighted by Gasteiger charge is -2.01. The van der Waals surface area contributed by atoms with Crippen LogP contribution in [0, 0.1) is 6.92 Å². The first kappa shape index (κ1) is 11.2. The number of benzene rings is 1. The molecule has 5 heteroatoms. The van der Waals surface area contributed by atoms with Crippen LogP contribution >= 0.6 is 0 Å². The van der Waals surface area contributed by atoms with Gasteiger partial charge in [0.15, 0.2) is 0 Å². The first-order valence-corrected chi connectivity index (χ1v) is 4.98. The van der Waals surface area contributed by atoms with Gasteiger partial charge < -0.3 is 14.8 Å². The second-order valence-electron chi connectivity index (χ2n) is 3.73. The van der Waals surface area contributed by atoms with Crippen molar-refractivity contribution in [3.63, 3.8) is 0 Å². The lowest BCUT2D eigenvalue weighted by molar-refractivity contribution is 0.0600. The third-order valence-electron chi connectivity index (χ3n) is 2.60. The number of rotatable bonds is 2. The summed E-state index contributed by atoms with van der Waals surface area (Å²) in [5, 5.41) is 9.67. The smallest absolute Gasteiger partial charge is 0.352 e. The number of carboxylic acid groups (broad SMARTS) is 1. The van der Waals surface area contributed by atoms with Gasteiger partial charge in [0.25, 0.3) is 0 Å². The minimum absolute atomic E-state index is 0.102. The molecular weight excluding hydrogens is 222 g/mol. The largest absolute Gasteiger partial charge is 0.477 e. The first-order valence-electron chi connectivity index (χ1n) is 4.98. The lowest BCUT2D eigenvalue weighted by atomic mass is 10.1. The molecule has 0 fully saturated rings. The molecule has 0 saturated carbocycles. The molecule has 88 valence electrons. The number of aromatic amines is 1. The maximum atomic E-state index is 11.4. The Morgan fingerprint density at radius 1 is 1.29 bits per heavy atom. The zero-order valence-electron chi connectivity index (χ0n) is 9.40. The van der Waals surface area contributed by atoms with Gasteiger partial charge in [-0.3, -0.25) is 0 Å². The molecule has 2 N–H and O–H groups in total. The SMILES string of the molecule is COC(=O)c1cc(C)c2cc(C(=O)O)[nH]c2c1. The van der Waals surface area contributed by atoms with E-state index < -0.39 is 11.9 Å². The van der Waals surface area contributed by atoms with Crippen LogP contribution in [-0.2, 0) is 4.74 Å². The summed E-state index contributed by atoms with van der Waals surface area (Å²) in [5.41, 5.74) is 1.94. The fourth-order valence-electron chi connectivity index (χ4n) is 1.77. The van der Waals surface area contributed by atoms with Crippen molar-refractivity contribution in [2.45, 2.75) is 6.92 Å². The molecule has 17 heavy (non-hydrogen) atoms. The molecule has 0 spiro atoms. The molecule has 0 radical (unpaired) electrons. The highest BCUT2D eigenvalue weighted by Gasteiger charge is 2.13. The fraction of sp³-hybridized carbons (Fsp3) is 0.167. The van der Waals surface area contributed by atoms with Crippen molar-refractivity contribution in [1.82, 2.24) is 4.98 Å². The number of methoxy groups -OCH3 is 1. The van der Waals surface area contributed by atoms with E-state index in [4.69, 9.17) is 5.11 Å². The number of nitrogens with one attached hydrogen (secondary N) is 1. The average Bonchev–Trinajstić information content (AvgIpc) is 2.72. The lowest BCUT2D eigenvalue weighted by Crippen LogP contribution is -2.01. The van der Waals surface area contributed by atoms with Crippen LogP contribution in [0.4, 0.5) is 0 Å². The normalized spacial score (nSPS) is 10.5. The van der Waals surface area contributed by atoms with Gasteiger partial charge in [-0.25, -0.2) is 9.59 Å². The zero-order valence-corrected chi connectivity index (χ0v) is 9.40. The van der Waals surface area contributed by atoms with Crippen molar-refractivity contribution >= 4 is 22.8 Å². The Morgan fingerprint density at radius 2 is 2.00 bits per heavy atom. The van der Waals surface area contributed by atoms with Crippen LogP contribution in [0.2, 0.25) is 0 Å². The van der Waals surface area contributed by atoms with Crippen LogP contribution in [0.15, 0.2) is 18.2 Å². The summed E-state index contributed by atoms with van der Waals surface area (Å²) in [5.74, 6) is -1.47. The molecule has 1 heterocycles. The average molecular weight is 233 g/mol. The van der Waals surface area contributed by atoms with Crippen LogP contribution in [0.3, 0.4) is 0 Å². The first-order chi connectivity index (χ1) is 8.02. The van der Waals surface area contributed by atoms with Crippen molar-refractivity contribution < 1.29 is 19.4 Å². The van der Waals surface area contributed by atoms with Crippen molar-refractivity contribution in [3.05, 3.63) is 35.0 Å². The van der Waals surface area contributed by atoms with Crippen LogP contribution in [0.5, 0.6) is 0 Å². The van der Waals surface area contributed by atoms with E-state index >= 15 is 0 Å². The summed E-state index contributed by atoms with van der Waals surface area (Å²) >= 11 is 0. The zero-order chi connectivity index (χ0) is 12.6. The maximum Gasteiger partial charge on any atom is 0.352 e. The molecule has 5 nitrogen and oxygen atoms in total. The van der Waals surface area contributed by atoms with Crippen molar-refractivity contribution in [2.75, 3.05) is 7.11 Å². The minimum atomic E-state index is -1.03. The highest BCUT2D eigenvalue weighted by atomic mass is 16.5. The van der Waals surface area contributed by atoms with E-state index in [9.17, 15) is 9.59 Å². The Morgan fingerprint density at radius 3 is 2.59 bits per heavy atom. The third-order valence-corrected chi connectivity index (χ3v) is 2.60. The van der Waals surface area contributed by atoms with Gasteiger partial charge in [-0.15, -0.1) is 0 Å². The number of H-pyrrole nitrogens is 1. The monoisotopic (exact) mass is 233 g/mol. The number of aromatic carboxylic acids is 1. The topological polar surface area (TPSA) is 79.4 Å². The highest BCUT2D eigenvalue weighted by molar-refractivity contribution is 5.99. The third kappa shape index (κ3) is 1.87. The number of fused-ring (bicyclic) bond motifs is 1. The highest BCUT2D eigenvalue weighted by Crippen LogP contribution is 2.22. The number of hydrogen-bond acceptors (Lipinski definition) is 3. The van der Waals surface area contributed by atoms with E-state index in [2.05, 4.69) is 9.72 Å². The van der Waals surface area contributed by atoms with Gasteiger partial charge in [0.05, 0.1) is 12.7 Å². The molecule has 0 amide bonds. The van der Waals surface area contributed by atoms with E-state index in [0.717, 1.165) is 10.9 Å². The minimum Gasteiger partial charge on any atom is -0.477 e. The Hall–Kier alpha value is -2.30. The molecule has 0 aliphatic heterocycles. The van der Waals surface area contributed by atoms with E-state index in [1.807, 2.05) is 6.92 Å². The van der Waals surface area contributed by atoms with Gasteiger partial charge in [0.2, 0.25) is 0 Å². The number of hydrogen-bond donors (Lipinski definition) is 2. The van der Waals surface area contributed by atoms with Crippen LogP contribution in [0.1, 0.15) is 26.4 Å². The molecule has 1 aromatic carbocycles. The van der Waals surface area contributed by atoms with Crippen LogP contribution < -0.4 is 0 Å². The molecule has 0 bridgehead atoms. The second-order valence-corrected chi connectivity index (χ2v) is 3.73. The van der Waals surface area contributed by atoms with Gasteiger partial charge in [-0.1, -0.05) is 0 Å². The van der Waals surface area contributed by atoms with Crippen molar-refractivity contribution in [1.29, 1.82) is 0 Å². The fourth-order valence-corrected chi connectivity index (χ4v) is 1.77.